The maximum atomic E-state index is 13.9. The van der Waals surface area contributed by atoms with Crippen molar-refractivity contribution >= 4 is 22.9 Å². The smallest absolute Gasteiger partial charge is 0.138 e. The molecule has 146 valence electrons. The number of amidine groups is 1. The van der Waals surface area contributed by atoms with Crippen LogP contribution in [0.1, 0.15) is 49.7 Å². The third-order valence-corrected chi connectivity index (χ3v) is 5.98. The van der Waals surface area contributed by atoms with Crippen molar-refractivity contribution < 1.29 is 4.39 Å². The van der Waals surface area contributed by atoms with Crippen LogP contribution in [0.2, 0.25) is 0 Å². The summed E-state index contributed by atoms with van der Waals surface area (Å²) < 4.78 is 13.9. The van der Waals surface area contributed by atoms with E-state index in [9.17, 15) is 4.39 Å². The van der Waals surface area contributed by atoms with Gasteiger partial charge < -0.3 is 15.5 Å². The molecule has 5 rings (SSSR count). The minimum absolute atomic E-state index is 0.244. The molecule has 2 fully saturated rings. The van der Waals surface area contributed by atoms with E-state index in [1.54, 1.807) is 6.07 Å². The monoisotopic (exact) mass is 378 g/mol. The molecule has 28 heavy (non-hydrogen) atoms. The van der Waals surface area contributed by atoms with E-state index in [2.05, 4.69) is 40.7 Å². The Bertz CT molecular complexity index is 917. The molecule has 2 aliphatic heterocycles. The molecule has 0 spiro atoms. The summed E-state index contributed by atoms with van der Waals surface area (Å²) in [7, 11) is 0. The van der Waals surface area contributed by atoms with E-state index in [0.717, 1.165) is 48.1 Å². The highest BCUT2D eigenvalue weighted by Gasteiger charge is 2.29. The van der Waals surface area contributed by atoms with Crippen molar-refractivity contribution in [2.24, 2.45) is 4.99 Å². The number of rotatable bonds is 3. The Balaban J connectivity index is 1.59. The lowest BCUT2D eigenvalue weighted by atomic mass is 10.0. The lowest BCUT2D eigenvalue weighted by molar-refractivity contribution is 0.281. The molecule has 0 radical (unpaired) electrons. The Kier molecular flexibility index (Phi) is 4.55. The molecule has 5 heteroatoms. The Morgan fingerprint density at radius 3 is 2.86 bits per heavy atom. The van der Waals surface area contributed by atoms with Crippen LogP contribution < -0.4 is 10.6 Å². The van der Waals surface area contributed by atoms with Crippen LogP contribution in [-0.4, -0.2) is 36.4 Å². The standard InChI is InChI=1S/C23H27FN4/c1-2-3-18-14-28(11-10-25-18)23-19-12-16(15-4-5-15)6-8-20(19)26-22-13-17(24)7-9-21(22)27-23/h6-9,12-13,15,18,25-26H,2-5,10-11,14H2,1H3/t18-/m0/s1. The fourth-order valence-electron chi connectivity index (χ4n) is 4.35. The normalized spacial score (nSPS) is 21.3. The van der Waals surface area contributed by atoms with Gasteiger partial charge in [-0.05, 0) is 61.1 Å². The molecule has 2 heterocycles. The minimum Gasteiger partial charge on any atom is -0.353 e. The molecule has 1 saturated carbocycles. The second kappa shape index (κ2) is 7.21. The number of nitrogens with one attached hydrogen (secondary N) is 2. The third-order valence-electron chi connectivity index (χ3n) is 5.98. The fourth-order valence-corrected chi connectivity index (χ4v) is 4.35. The highest BCUT2D eigenvalue weighted by atomic mass is 19.1. The van der Waals surface area contributed by atoms with Crippen LogP contribution in [0.15, 0.2) is 41.4 Å². The van der Waals surface area contributed by atoms with Crippen LogP contribution in [0.25, 0.3) is 0 Å². The summed E-state index contributed by atoms with van der Waals surface area (Å²) in [6.45, 7) is 5.08. The number of hydrogen-bond acceptors (Lipinski definition) is 4. The average molecular weight is 378 g/mol. The van der Waals surface area contributed by atoms with Crippen LogP contribution in [0.4, 0.5) is 21.5 Å². The van der Waals surface area contributed by atoms with E-state index in [0.29, 0.717) is 12.0 Å². The topological polar surface area (TPSA) is 39.7 Å². The van der Waals surface area contributed by atoms with Crippen LogP contribution >= 0.6 is 0 Å². The van der Waals surface area contributed by atoms with Crippen LogP contribution in [0, 0.1) is 5.82 Å². The number of aliphatic imine (C=N–C) groups is 1. The second-order valence-electron chi connectivity index (χ2n) is 8.19. The van der Waals surface area contributed by atoms with Gasteiger partial charge in [-0.15, -0.1) is 0 Å². The van der Waals surface area contributed by atoms with Crippen LogP contribution in [0.5, 0.6) is 0 Å². The van der Waals surface area contributed by atoms with Gasteiger partial charge in [-0.2, -0.15) is 0 Å². The van der Waals surface area contributed by atoms with E-state index in [1.165, 1.54) is 43.4 Å². The molecule has 2 aromatic carbocycles. The van der Waals surface area contributed by atoms with Gasteiger partial charge in [0, 0.05) is 36.9 Å². The lowest BCUT2D eigenvalue weighted by Gasteiger charge is -2.36. The van der Waals surface area contributed by atoms with Gasteiger partial charge in [0.05, 0.1) is 11.4 Å². The zero-order chi connectivity index (χ0) is 19.1. The van der Waals surface area contributed by atoms with Gasteiger partial charge >= 0.3 is 0 Å². The number of anilines is 2. The van der Waals surface area contributed by atoms with E-state index >= 15 is 0 Å². The first-order chi connectivity index (χ1) is 13.7. The number of benzene rings is 2. The van der Waals surface area contributed by atoms with Crippen molar-refractivity contribution in [3.63, 3.8) is 0 Å². The van der Waals surface area contributed by atoms with Crippen molar-refractivity contribution in [2.75, 3.05) is 25.0 Å². The largest absolute Gasteiger partial charge is 0.353 e. The van der Waals surface area contributed by atoms with Crippen LogP contribution in [0.3, 0.4) is 0 Å². The van der Waals surface area contributed by atoms with E-state index in [-0.39, 0.29) is 5.82 Å². The number of hydrogen-bond donors (Lipinski definition) is 2. The van der Waals surface area contributed by atoms with Gasteiger partial charge in [-0.25, -0.2) is 9.38 Å². The quantitative estimate of drug-likeness (QED) is 0.797. The zero-order valence-corrected chi connectivity index (χ0v) is 16.3. The first-order valence-electron chi connectivity index (χ1n) is 10.5. The summed E-state index contributed by atoms with van der Waals surface area (Å²) in [4.78, 5) is 7.46. The van der Waals surface area contributed by atoms with Crippen molar-refractivity contribution in [3.8, 4) is 0 Å². The van der Waals surface area contributed by atoms with Crippen molar-refractivity contribution in [1.29, 1.82) is 0 Å². The summed E-state index contributed by atoms with van der Waals surface area (Å²) in [5, 5.41) is 7.07. The Morgan fingerprint density at radius 1 is 1.14 bits per heavy atom. The summed E-state index contributed by atoms with van der Waals surface area (Å²) >= 11 is 0. The summed E-state index contributed by atoms with van der Waals surface area (Å²) in [6, 6.07) is 11.9. The summed E-state index contributed by atoms with van der Waals surface area (Å²) in [5.74, 6) is 1.45. The molecule has 2 N–H and O–H groups in total. The van der Waals surface area contributed by atoms with Crippen molar-refractivity contribution in [2.45, 2.75) is 44.6 Å². The molecule has 2 aromatic rings. The van der Waals surface area contributed by atoms with E-state index in [1.807, 2.05) is 0 Å². The molecular weight excluding hydrogens is 351 g/mol. The second-order valence-corrected chi connectivity index (χ2v) is 8.19. The number of halogens is 1. The molecule has 0 amide bonds. The molecule has 1 aliphatic carbocycles. The van der Waals surface area contributed by atoms with Gasteiger partial charge in [0.25, 0.3) is 0 Å². The predicted molar refractivity (Wildman–Crippen MR) is 113 cm³/mol. The molecule has 4 nitrogen and oxygen atoms in total. The van der Waals surface area contributed by atoms with Gasteiger partial charge in [0.15, 0.2) is 0 Å². The number of nitrogens with zero attached hydrogens (tertiary/aromatic N) is 2. The van der Waals surface area contributed by atoms with Gasteiger partial charge in [-0.1, -0.05) is 19.4 Å². The van der Waals surface area contributed by atoms with Crippen molar-refractivity contribution in [1.82, 2.24) is 10.2 Å². The van der Waals surface area contributed by atoms with Gasteiger partial charge in [0.1, 0.15) is 11.7 Å². The molecule has 1 atom stereocenters. The molecule has 0 aromatic heterocycles. The van der Waals surface area contributed by atoms with Crippen LogP contribution in [-0.2, 0) is 0 Å². The predicted octanol–water partition coefficient (Wildman–Crippen LogP) is 4.91. The SMILES string of the molecule is CCC[C@H]1CN(C2=Nc3ccc(F)cc3Nc3ccc(C4CC4)cc32)CCN1. The Hall–Kier alpha value is -2.40. The molecular formula is C23H27FN4. The van der Waals surface area contributed by atoms with Gasteiger partial charge in [-0.3, -0.25) is 0 Å². The zero-order valence-electron chi connectivity index (χ0n) is 16.3. The minimum atomic E-state index is -0.244. The lowest BCUT2D eigenvalue weighted by Crippen LogP contribution is -2.52. The molecule has 0 unspecified atom stereocenters. The maximum absolute atomic E-state index is 13.9. The Labute approximate surface area is 165 Å². The highest BCUT2D eigenvalue weighted by Crippen LogP contribution is 2.43. The highest BCUT2D eigenvalue weighted by molar-refractivity contribution is 6.08. The van der Waals surface area contributed by atoms with E-state index in [4.69, 9.17) is 4.99 Å². The van der Waals surface area contributed by atoms with Gasteiger partial charge in [0.2, 0.25) is 0 Å². The number of piperazine rings is 1. The molecule has 3 aliphatic rings. The number of fused-ring (bicyclic) bond motifs is 2. The third kappa shape index (κ3) is 3.39. The average Bonchev–Trinajstić information content (AvgIpc) is 3.54. The Morgan fingerprint density at radius 2 is 2.04 bits per heavy atom. The first-order valence-corrected chi connectivity index (χ1v) is 10.5. The summed E-state index contributed by atoms with van der Waals surface area (Å²) in [5.41, 5.74) is 5.07. The fraction of sp³-hybridized carbons (Fsp3) is 0.435. The molecule has 0 bridgehead atoms. The maximum Gasteiger partial charge on any atom is 0.138 e. The molecule has 1 saturated heterocycles. The summed E-state index contributed by atoms with van der Waals surface area (Å²) in [6.07, 6.45) is 4.88. The van der Waals surface area contributed by atoms with Crippen molar-refractivity contribution in [3.05, 3.63) is 53.3 Å². The van der Waals surface area contributed by atoms with E-state index < -0.39 is 0 Å². The first kappa shape index (κ1) is 17.7.